The number of ketones is 1. The number of nitrogens with zero attached hydrogens (tertiary/aromatic N) is 1. The van der Waals surface area contributed by atoms with Gasteiger partial charge in [0.25, 0.3) is 10.1 Å². The average molecular weight is 1490 g/mol. The van der Waals surface area contributed by atoms with Gasteiger partial charge >= 0.3 is 0 Å². The Labute approximate surface area is 612 Å². The topological polar surface area (TPSA) is 438 Å². The fourth-order valence-corrected chi connectivity index (χ4v) is 11.4. The van der Waals surface area contributed by atoms with Gasteiger partial charge in [-0.25, -0.2) is 0 Å². The highest BCUT2D eigenvalue weighted by atomic mass is 32.2. The lowest BCUT2D eigenvalue weighted by atomic mass is 9.96. The fraction of sp³-hybridized carbons (Fsp3) is 0.662. The molecule has 7 amide bonds. The molecule has 104 heavy (non-hydrogen) atoms. The van der Waals surface area contributed by atoms with Crippen molar-refractivity contribution >= 4 is 74.3 Å². The molecule has 4 atom stereocenters. The first-order valence-electron chi connectivity index (χ1n) is 36.1. The van der Waals surface area contributed by atoms with Gasteiger partial charge in [-0.15, -0.1) is 0 Å². The molecule has 0 spiro atoms. The number of carbonyl (C=O) groups excluding carboxylic acids is 8. The monoisotopic (exact) mass is 1490 g/mol. The SMILES string of the molecule is CN/C1=C(\N)c2ccccc2N(C(=O)CCC(=O)NCCOCCOCCOCCOCCC(=O)N[C@H](CCCCNC(=O)COC2CCCCCC(NCCOCCOCCOCCOCCC(=O)NCCS(=O)(=O)O)=C2NN)C(=O)N[C@H](C(=O)N[C@@H](C)C(=O)C(C)C)C(C)C)Cc2ccccc21. The highest BCUT2D eigenvalue weighted by molar-refractivity contribution is 7.85. The fourth-order valence-electron chi connectivity index (χ4n) is 11.0. The van der Waals surface area contributed by atoms with Gasteiger partial charge < -0.3 is 101 Å². The van der Waals surface area contributed by atoms with Crippen LogP contribution < -0.4 is 64.4 Å². The third-order valence-corrected chi connectivity index (χ3v) is 17.3. The van der Waals surface area contributed by atoms with Gasteiger partial charge in [-0.3, -0.25) is 48.8 Å². The van der Waals surface area contributed by atoms with E-state index < -0.39 is 63.7 Å². The molecule has 2 aliphatic rings. The van der Waals surface area contributed by atoms with Crippen LogP contribution in [0.1, 0.15) is 128 Å². The van der Waals surface area contributed by atoms with Gasteiger partial charge in [0.15, 0.2) is 5.78 Å². The van der Waals surface area contributed by atoms with Gasteiger partial charge in [0.2, 0.25) is 41.4 Å². The van der Waals surface area contributed by atoms with Crippen molar-refractivity contribution in [2.24, 2.45) is 23.4 Å². The van der Waals surface area contributed by atoms with E-state index in [4.69, 9.17) is 58.8 Å². The number of hydrogen-bond donors (Lipinski definition) is 12. The van der Waals surface area contributed by atoms with E-state index >= 15 is 0 Å². The van der Waals surface area contributed by atoms with E-state index in [1.165, 1.54) is 0 Å². The molecule has 0 saturated heterocycles. The van der Waals surface area contributed by atoms with Crippen LogP contribution in [0.25, 0.3) is 11.4 Å². The molecule has 0 saturated carbocycles. The average Bonchev–Trinajstić information content (AvgIpc) is 0.777. The second kappa shape index (κ2) is 51.7. The molecule has 33 heteroatoms. The summed E-state index contributed by atoms with van der Waals surface area (Å²) in [6.45, 7) is 13.8. The van der Waals surface area contributed by atoms with E-state index in [2.05, 4.69) is 48.0 Å². The lowest BCUT2D eigenvalue weighted by molar-refractivity contribution is -0.134. The Morgan fingerprint density at radius 3 is 1.73 bits per heavy atom. The predicted octanol–water partition coefficient (Wildman–Crippen LogP) is 1.61. The molecule has 1 heterocycles. The molecule has 14 N–H and O–H groups in total. The Bertz CT molecular complexity index is 3120. The van der Waals surface area contributed by atoms with Gasteiger partial charge in [0.1, 0.15) is 24.8 Å². The van der Waals surface area contributed by atoms with Crippen molar-refractivity contribution in [1.29, 1.82) is 0 Å². The number of hydrogen-bond acceptors (Lipinski definition) is 24. The number of nitrogens with two attached hydrogens (primary N) is 2. The summed E-state index contributed by atoms with van der Waals surface area (Å²) < 4.78 is 80.9. The number of rotatable bonds is 55. The maximum absolute atomic E-state index is 13.9. The number of Topliss-reactive ketones (excluding diaryl/α,β-unsaturated/α-hetero) is 1. The molecule has 1 unspecified atom stereocenters. The summed E-state index contributed by atoms with van der Waals surface area (Å²) in [5, 5.41) is 23.0. The Hall–Kier alpha value is -7.41. The number of fused-ring (bicyclic) bond motifs is 2. The molecular weight excluding hydrogens is 1370 g/mol. The van der Waals surface area contributed by atoms with Crippen molar-refractivity contribution in [3.63, 3.8) is 0 Å². The third-order valence-electron chi connectivity index (χ3n) is 16.6. The molecular formula is C71H116N12O20S. The van der Waals surface area contributed by atoms with Crippen LogP contribution in [0.2, 0.25) is 0 Å². The molecule has 0 fully saturated rings. The molecule has 1 aliphatic heterocycles. The Morgan fingerprint density at radius 1 is 0.587 bits per heavy atom. The molecule has 0 radical (unpaired) electrons. The van der Waals surface area contributed by atoms with Gasteiger partial charge in [0, 0.05) is 81.7 Å². The number of nitrogens with one attached hydrogen (secondary N) is 9. The molecule has 0 aromatic heterocycles. The van der Waals surface area contributed by atoms with Gasteiger partial charge in [-0.1, -0.05) is 83.0 Å². The number of allylic oxidation sites excluding steroid dienone is 1. The molecule has 32 nitrogen and oxygen atoms in total. The normalized spacial score (nSPS) is 15.6. The molecule has 0 bridgehead atoms. The first-order valence-corrected chi connectivity index (χ1v) is 37.7. The smallest absolute Gasteiger partial charge is 0.266 e. The van der Waals surface area contributed by atoms with Crippen molar-refractivity contribution < 1.29 is 94.0 Å². The third kappa shape index (κ3) is 36.1. The van der Waals surface area contributed by atoms with Gasteiger partial charge in [-0.2, -0.15) is 8.42 Å². The highest BCUT2D eigenvalue weighted by Gasteiger charge is 2.32. The molecule has 2 aromatic carbocycles. The van der Waals surface area contributed by atoms with Crippen molar-refractivity contribution in [3.05, 3.63) is 76.6 Å². The maximum atomic E-state index is 13.9. The summed E-state index contributed by atoms with van der Waals surface area (Å²) in [6, 6.07) is 12.4. The van der Waals surface area contributed by atoms with E-state index in [0.717, 1.165) is 47.3 Å². The van der Waals surface area contributed by atoms with Crippen LogP contribution in [0.3, 0.4) is 0 Å². The molecule has 4 rings (SSSR count). The minimum atomic E-state index is -4.14. The minimum Gasteiger partial charge on any atom is -0.396 e. The zero-order valence-electron chi connectivity index (χ0n) is 61.5. The van der Waals surface area contributed by atoms with E-state index in [9.17, 15) is 46.8 Å². The standard InChI is InChI=1S/C71H116N12O20S/c1-50(2)66(71(91)79-52(5)69(89)51(3)4)81-70(90)57(20-14-15-27-76-63(87)49-103-59-22-9-7-8-19-56(68(59)82-73)75-28-33-97-37-41-101-45-43-99-39-35-95-31-25-61(85)78-30-47-104(92,93)94)80-62(86)26-32-96-36-40-100-44-46-102-42-38-98-34-29-77-60(84)23-24-64(88)83-48-53-16-10-11-17-54(53)67(74-6)65(72)55-18-12-13-21-58(55)83/h10-13,16-18,21,50-52,57,59,66,74-75,82H,7-9,14-15,19-20,22-49,72-73H2,1-6H3,(H,76,87)(H,77,84)(H,78,85)(H,79,91)(H,80,86)(H,81,90)(H,92,93,94)/b67-65-,68-56?/t52-,57+,59?,66-/m0/s1. The summed E-state index contributed by atoms with van der Waals surface area (Å²) in [5.74, 6) is 1.85. The van der Waals surface area contributed by atoms with Crippen LogP contribution in [0.15, 0.2) is 59.9 Å². The lowest BCUT2D eigenvalue weighted by Gasteiger charge is -2.30. The zero-order chi connectivity index (χ0) is 75.9. The van der Waals surface area contributed by atoms with Crippen molar-refractivity contribution in [1.82, 2.24) is 48.0 Å². The van der Waals surface area contributed by atoms with E-state index in [0.29, 0.717) is 109 Å². The number of ether oxygens (including phenoxy) is 9. The summed E-state index contributed by atoms with van der Waals surface area (Å²) in [5.41, 5.74) is 15.5. The second-order valence-electron chi connectivity index (χ2n) is 25.4. The first-order chi connectivity index (χ1) is 50.0. The van der Waals surface area contributed by atoms with Crippen molar-refractivity contribution in [3.8, 4) is 0 Å². The number of hydrazine groups is 1. The van der Waals surface area contributed by atoms with E-state index in [-0.39, 0.29) is 147 Å². The van der Waals surface area contributed by atoms with Gasteiger partial charge in [0.05, 0.1) is 147 Å². The van der Waals surface area contributed by atoms with E-state index in [1.54, 1.807) is 39.5 Å². The summed E-state index contributed by atoms with van der Waals surface area (Å²) >= 11 is 0. The highest BCUT2D eigenvalue weighted by Crippen LogP contribution is 2.35. The van der Waals surface area contributed by atoms with Crippen LogP contribution >= 0.6 is 0 Å². The molecule has 1 aliphatic carbocycles. The largest absolute Gasteiger partial charge is 0.396 e. The van der Waals surface area contributed by atoms with Crippen molar-refractivity contribution in [2.45, 2.75) is 142 Å². The first kappa shape index (κ1) is 89.0. The number of benzene rings is 2. The Balaban J connectivity index is 1.10. The summed E-state index contributed by atoms with van der Waals surface area (Å²) in [6.07, 6.45) is 4.62. The maximum Gasteiger partial charge on any atom is 0.266 e. The minimum absolute atomic E-state index is 0.000765. The van der Waals surface area contributed by atoms with Crippen LogP contribution in [-0.4, -0.2) is 236 Å². The van der Waals surface area contributed by atoms with Gasteiger partial charge in [-0.05, 0) is 63.0 Å². The lowest BCUT2D eigenvalue weighted by Crippen LogP contribution is -2.57. The van der Waals surface area contributed by atoms with Crippen LogP contribution in [0.4, 0.5) is 5.69 Å². The molecule has 586 valence electrons. The number of anilines is 1. The van der Waals surface area contributed by atoms with E-state index in [1.807, 2.05) is 55.6 Å². The van der Waals surface area contributed by atoms with Crippen molar-refractivity contribution in [2.75, 3.05) is 156 Å². The number of para-hydroxylation sites is 1. The zero-order valence-corrected chi connectivity index (χ0v) is 62.4. The molecule has 2 aromatic rings. The summed E-state index contributed by atoms with van der Waals surface area (Å²) in [4.78, 5) is 106. The quantitative estimate of drug-likeness (QED) is 0.0194. The number of carbonyl (C=O) groups is 8. The number of unbranched alkanes of at least 4 members (excludes halogenated alkanes) is 1. The second-order valence-corrected chi connectivity index (χ2v) is 27.0. The summed E-state index contributed by atoms with van der Waals surface area (Å²) in [7, 11) is -2.32. The van der Waals surface area contributed by atoms with Crippen LogP contribution in [-0.2, 0) is 97.7 Å². The number of amides is 7. The Kier molecular flexibility index (Phi) is 44.3. The van der Waals surface area contributed by atoms with Crippen LogP contribution in [0.5, 0.6) is 0 Å². The Morgan fingerprint density at radius 2 is 1.13 bits per heavy atom. The predicted molar refractivity (Wildman–Crippen MR) is 390 cm³/mol. The van der Waals surface area contributed by atoms with Crippen LogP contribution in [0, 0.1) is 11.8 Å².